The van der Waals surface area contributed by atoms with Crippen molar-refractivity contribution >= 4 is 17.1 Å². The summed E-state index contributed by atoms with van der Waals surface area (Å²) in [5, 5.41) is 4.73. The highest BCUT2D eigenvalue weighted by molar-refractivity contribution is 5.81. The van der Waals surface area contributed by atoms with E-state index in [-0.39, 0.29) is 11.4 Å². The molecule has 0 saturated heterocycles. The van der Waals surface area contributed by atoms with Gasteiger partial charge in [0.15, 0.2) is 5.82 Å². The third-order valence-corrected chi connectivity index (χ3v) is 3.86. The van der Waals surface area contributed by atoms with Crippen molar-refractivity contribution in [1.82, 2.24) is 14.6 Å². The second-order valence-electron chi connectivity index (χ2n) is 5.60. The molecule has 0 aliphatic heterocycles. The Balaban J connectivity index is 1.94. The summed E-state index contributed by atoms with van der Waals surface area (Å²) in [5.74, 6) is 0.0241. The van der Waals surface area contributed by atoms with Crippen LogP contribution in [0, 0.1) is 5.82 Å². The molecule has 0 amide bonds. The molecule has 0 fully saturated rings. The van der Waals surface area contributed by atoms with Gasteiger partial charge in [0.1, 0.15) is 5.82 Å². The smallest absolute Gasteiger partial charge is 0.267 e. The zero-order valence-electron chi connectivity index (χ0n) is 13.6. The number of halogens is 1. The summed E-state index contributed by atoms with van der Waals surface area (Å²) in [7, 11) is 0. The molecule has 0 saturated carbocycles. The monoisotopic (exact) mass is 344 g/mol. The standard InChI is InChI=1S/C20H13FN4O/c21-16-5-3-4-14(12-16)13-23-25-19(15-8-10-22-11-9-15)24-18-7-2-1-6-17(18)20(25)26/h1-13H. The molecule has 0 aliphatic carbocycles. The number of para-hydroxylation sites is 1. The quantitative estimate of drug-likeness (QED) is 0.535. The van der Waals surface area contributed by atoms with Crippen LogP contribution < -0.4 is 5.56 Å². The molecule has 4 rings (SSSR count). The molecule has 0 spiro atoms. The van der Waals surface area contributed by atoms with Gasteiger partial charge in [-0.15, -0.1) is 0 Å². The lowest BCUT2D eigenvalue weighted by Crippen LogP contribution is -2.20. The molecule has 0 aliphatic rings. The van der Waals surface area contributed by atoms with Gasteiger partial charge in [0.25, 0.3) is 5.56 Å². The molecule has 126 valence electrons. The van der Waals surface area contributed by atoms with Crippen LogP contribution in [-0.2, 0) is 0 Å². The molecule has 2 aromatic carbocycles. The molecule has 5 nitrogen and oxygen atoms in total. The maximum absolute atomic E-state index is 13.4. The van der Waals surface area contributed by atoms with Gasteiger partial charge >= 0.3 is 0 Å². The van der Waals surface area contributed by atoms with Crippen molar-refractivity contribution in [2.24, 2.45) is 5.10 Å². The summed E-state index contributed by atoms with van der Waals surface area (Å²) in [5.41, 5.74) is 1.54. The van der Waals surface area contributed by atoms with Gasteiger partial charge in [-0.2, -0.15) is 9.78 Å². The first kappa shape index (κ1) is 15.8. The van der Waals surface area contributed by atoms with E-state index in [1.807, 2.05) is 6.07 Å². The summed E-state index contributed by atoms with van der Waals surface area (Å²) in [6.45, 7) is 0. The fraction of sp³-hybridized carbons (Fsp3) is 0. The van der Waals surface area contributed by atoms with E-state index in [1.165, 1.54) is 23.0 Å². The predicted octanol–water partition coefficient (Wildman–Crippen LogP) is 3.48. The van der Waals surface area contributed by atoms with Crippen molar-refractivity contribution in [1.29, 1.82) is 0 Å². The van der Waals surface area contributed by atoms with E-state index in [4.69, 9.17) is 0 Å². The number of nitrogens with zero attached hydrogens (tertiary/aromatic N) is 4. The predicted molar refractivity (Wildman–Crippen MR) is 98.6 cm³/mol. The Bertz CT molecular complexity index is 1170. The molecule has 0 atom stereocenters. The van der Waals surface area contributed by atoms with Crippen LogP contribution in [0.5, 0.6) is 0 Å². The van der Waals surface area contributed by atoms with E-state index in [2.05, 4.69) is 15.1 Å². The van der Waals surface area contributed by atoms with Crippen LogP contribution >= 0.6 is 0 Å². The summed E-state index contributed by atoms with van der Waals surface area (Å²) < 4.78 is 14.6. The van der Waals surface area contributed by atoms with E-state index in [0.29, 0.717) is 27.9 Å². The minimum absolute atomic E-state index is 0.296. The highest BCUT2D eigenvalue weighted by Gasteiger charge is 2.12. The van der Waals surface area contributed by atoms with Gasteiger partial charge in [0, 0.05) is 18.0 Å². The van der Waals surface area contributed by atoms with Gasteiger partial charge in [-0.3, -0.25) is 9.78 Å². The van der Waals surface area contributed by atoms with Gasteiger partial charge in [-0.05, 0) is 42.0 Å². The molecule has 26 heavy (non-hydrogen) atoms. The average molecular weight is 344 g/mol. The van der Waals surface area contributed by atoms with Crippen LogP contribution in [0.25, 0.3) is 22.3 Å². The molecule has 2 heterocycles. The number of rotatable bonds is 3. The molecule has 6 heteroatoms. The Morgan fingerprint density at radius 2 is 1.81 bits per heavy atom. The molecular weight excluding hydrogens is 331 g/mol. The first-order chi connectivity index (χ1) is 12.7. The van der Waals surface area contributed by atoms with E-state index in [9.17, 15) is 9.18 Å². The molecule has 0 unspecified atom stereocenters. The van der Waals surface area contributed by atoms with Gasteiger partial charge in [-0.25, -0.2) is 9.37 Å². The van der Waals surface area contributed by atoms with Crippen molar-refractivity contribution in [3.05, 3.63) is 94.8 Å². The van der Waals surface area contributed by atoms with Crippen LogP contribution in [0.4, 0.5) is 4.39 Å². The molecule has 2 aromatic heterocycles. The average Bonchev–Trinajstić information content (AvgIpc) is 2.68. The summed E-state index contributed by atoms with van der Waals surface area (Å²) >= 11 is 0. The largest absolute Gasteiger partial charge is 0.282 e. The molecule has 4 aromatic rings. The SMILES string of the molecule is O=c1c2ccccc2nc(-c2ccncc2)n1N=Cc1cccc(F)c1. The topological polar surface area (TPSA) is 60.1 Å². The Morgan fingerprint density at radius 1 is 1.00 bits per heavy atom. The highest BCUT2D eigenvalue weighted by atomic mass is 19.1. The third-order valence-electron chi connectivity index (χ3n) is 3.86. The van der Waals surface area contributed by atoms with E-state index < -0.39 is 0 Å². The van der Waals surface area contributed by atoms with Crippen LogP contribution in [0.15, 0.2) is 83.0 Å². The van der Waals surface area contributed by atoms with Gasteiger partial charge in [-0.1, -0.05) is 24.3 Å². The van der Waals surface area contributed by atoms with E-state index in [0.717, 1.165) is 0 Å². The van der Waals surface area contributed by atoms with Crippen molar-refractivity contribution in [3.63, 3.8) is 0 Å². The minimum Gasteiger partial charge on any atom is -0.267 e. The van der Waals surface area contributed by atoms with Crippen molar-refractivity contribution in [2.45, 2.75) is 0 Å². The van der Waals surface area contributed by atoms with Gasteiger partial charge in [0.2, 0.25) is 0 Å². The second-order valence-corrected chi connectivity index (χ2v) is 5.60. The number of aromatic nitrogens is 3. The lowest BCUT2D eigenvalue weighted by atomic mass is 10.2. The van der Waals surface area contributed by atoms with Crippen LogP contribution in [0.1, 0.15) is 5.56 Å². The van der Waals surface area contributed by atoms with Crippen molar-refractivity contribution in [2.75, 3.05) is 0 Å². The zero-order chi connectivity index (χ0) is 17.9. The van der Waals surface area contributed by atoms with Crippen molar-refractivity contribution < 1.29 is 4.39 Å². The van der Waals surface area contributed by atoms with Crippen LogP contribution in [0.2, 0.25) is 0 Å². The summed E-state index contributed by atoms with van der Waals surface area (Å²) in [4.78, 5) is 21.5. The Morgan fingerprint density at radius 3 is 2.62 bits per heavy atom. The number of pyridine rings is 1. The molecule has 0 radical (unpaired) electrons. The van der Waals surface area contributed by atoms with Crippen molar-refractivity contribution in [3.8, 4) is 11.4 Å². The summed E-state index contributed by atoms with van der Waals surface area (Å²) in [6, 6.07) is 16.6. The minimum atomic E-state index is -0.368. The highest BCUT2D eigenvalue weighted by Crippen LogP contribution is 2.18. The Kier molecular flexibility index (Phi) is 4.07. The normalized spacial score (nSPS) is 11.3. The number of hydrogen-bond donors (Lipinski definition) is 0. The fourth-order valence-corrected chi connectivity index (χ4v) is 2.63. The third kappa shape index (κ3) is 3.00. The Hall–Kier alpha value is -3.67. The first-order valence-electron chi connectivity index (χ1n) is 7.94. The fourth-order valence-electron chi connectivity index (χ4n) is 2.63. The first-order valence-corrected chi connectivity index (χ1v) is 7.94. The lowest BCUT2D eigenvalue weighted by Gasteiger charge is -2.09. The maximum Gasteiger partial charge on any atom is 0.282 e. The molecular formula is C20H13FN4O. The van der Waals surface area contributed by atoms with Crippen LogP contribution in [-0.4, -0.2) is 20.9 Å². The second kappa shape index (κ2) is 6.68. The van der Waals surface area contributed by atoms with Crippen LogP contribution in [0.3, 0.4) is 0 Å². The number of hydrogen-bond acceptors (Lipinski definition) is 4. The van der Waals surface area contributed by atoms with E-state index >= 15 is 0 Å². The molecule has 0 bridgehead atoms. The number of fused-ring (bicyclic) bond motifs is 1. The number of benzene rings is 2. The van der Waals surface area contributed by atoms with Gasteiger partial charge in [0.05, 0.1) is 17.1 Å². The Labute approximate surface area is 148 Å². The van der Waals surface area contributed by atoms with E-state index in [1.54, 1.807) is 54.9 Å². The maximum atomic E-state index is 13.4. The zero-order valence-corrected chi connectivity index (χ0v) is 13.6. The van der Waals surface area contributed by atoms with Gasteiger partial charge < -0.3 is 0 Å². The molecule has 0 N–H and O–H groups in total. The lowest BCUT2D eigenvalue weighted by molar-refractivity contribution is 0.627. The summed E-state index contributed by atoms with van der Waals surface area (Å²) in [6.07, 6.45) is 4.68.